The molecule has 78 valence electrons. The average Bonchev–Trinajstić information content (AvgIpc) is 2.01. The van der Waals surface area contributed by atoms with E-state index in [-0.39, 0.29) is 5.41 Å². The maximum atomic E-state index is 11.4. The number of hydrogen-bond acceptors (Lipinski definition) is 4. The fourth-order valence-corrected chi connectivity index (χ4v) is 1.55. The molecule has 0 radical (unpaired) electrons. The molecule has 0 aromatic carbocycles. The smallest absolute Gasteiger partial charge is 0.138 e. The van der Waals surface area contributed by atoms with Crippen LogP contribution in [0, 0.1) is 4.78 Å². The van der Waals surface area contributed by atoms with Crippen LogP contribution in [0.3, 0.4) is 0 Å². The number of rotatable bonds is 1. The van der Waals surface area contributed by atoms with Crippen LogP contribution in [0.25, 0.3) is 0 Å². The van der Waals surface area contributed by atoms with E-state index in [0.29, 0.717) is 5.03 Å². The lowest BCUT2D eigenvalue weighted by molar-refractivity contribution is 0.562. The summed E-state index contributed by atoms with van der Waals surface area (Å²) in [7, 11) is -2.74. The average molecular weight is 213 g/mol. The van der Waals surface area contributed by atoms with Gasteiger partial charge in [-0.25, -0.2) is 19.0 Å². The van der Waals surface area contributed by atoms with Crippen LogP contribution in [0.15, 0.2) is 17.4 Å². The molecule has 0 bridgehead atoms. The summed E-state index contributed by atoms with van der Waals surface area (Å²) in [5.74, 6) is 0. The summed E-state index contributed by atoms with van der Waals surface area (Å²) in [6.07, 6.45) is 2.73. The molecule has 1 N–H and O–H groups in total. The van der Waals surface area contributed by atoms with E-state index in [2.05, 4.69) is 9.97 Å². The van der Waals surface area contributed by atoms with Crippen molar-refractivity contribution >= 4 is 9.73 Å². The zero-order chi connectivity index (χ0) is 11.0. The lowest BCUT2D eigenvalue weighted by Crippen LogP contribution is -2.15. The highest BCUT2D eigenvalue weighted by atomic mass is 32.2. The predicted octanol–water partition coefficient (Wildman–Crippen LogP) is 1.81. The Bertz CT molecular complexity index is 432. The molecule has 1 heterocycles. The van der Waals surface area contributed by atoms with Crippen LogP contribution >= 0.6 is 0 Å². The van der Waals surface area contributed by atoms with Gasteiger partial charge in [-0.1, -0.05) is 20.8 Å². The van der Waals surface area contributed by atoms with Crippen molar-refractivity contribution in [2.75, 3.05) is 6.26 Å². The second-order valence-corrected chi connectivity index (χ2v) is 6.44. The summed E-state index contributed by atoms with van der Waals surface area (Å²) in [5.41, 5.74) is 0.701. The number of hydrogen-bond donors (Lipinski definition) is 1. The minimum atomic E-state index is -2.74. The summed E-state index contributed by atoms with van der Waals surface area (Å²) in [6.45, 7) is 6.04. The molecule has 0 amide bonds. The summed E-state index contributed by atoms with van der Waals surface area (Å²) in [5, 5.41) is 0.303. The molecular weight excluding hydrogens is 198 g/mol. The summed E-state index contributed by atoms with van der Waals surface area (Å²) in [6, 6.07) is 1.65. The number of aromatic nitrogens is 2. The van der Waals surface area contributed by atoms with Gasteiger partial charge in [0.1, 0.15) is 11.4 Å². The van der Waals surface area contributed by atoms with Gasteiger partial charge in [0.15, 0.2) is 0 Å². The lowest BCUT2D eigenvalue weighted by Gasteiger charge is -2.17. The van der Waals surface area contributed by atoms with Crippen LogP contribution < -0.4 is 0 Å². The SMILES string of the molecule is CC(C)(C)c1cc([S@](C)(=N)=O)ncn1. The molecule has 1 atom stereocenters. The number of nitrogens with zero attached hydrogens (tertiary/aromatic N) is 2. The van der Waals surface area contributed by atoms with E-state index in [0.717, 1.165) is 5.69 Å². The van der Waals surface area contributed by atoms with Gasteiger partial charge in [-0.15, -0.1) is 0 Å². The van der Waals surface area contributed by atoms with Crippen molar-refractivity contribution in [1.29, 1.82) is 4.78 Å². The molecular formula is C9H15N3OS. The third-order valence-electron chi connectivity index (χ3n) is 1.81. The van der Waals surface area contributed by atoms with Gasteiger partial charge >= 0.3 is 0 Å². The fraction of sp³-hybridized carbons (Fsp3) is 0.556. The third-order valence-corrected chi connectivity index (χ3v) is 2.83. The van der Waals surface area contributed by atoms with Crippen molar-refractivity contribution in [2.24, 2.45) is 0 Å². The molecule has 0 spiro atoms. The summed E-state index contributed by atoms with van der Waals surface area (Å²) >= 11 is 0. The van der Waals surface area contributed by atoms with E-state index in [1.165, 1.54) is 12.6 Å². The minimum Gasteiger partial charge on any atom is -0.248 e. The maximum Gasteiger partial charge on any atom is 0.138 e. The third kappa shape index (κ3) is 2.51. The maximum absolute atomic E-state index is 11.4. The highest BCUT2D eigenvalue weighted by molar-refractivity contribution is 7.91. The van der Waals surface area contributed by atoms with Crippen molar-refractivity contribution in [3.05, 3.63) is 18.1 Å². The van der Waals surface area contributed by atoms with Gasteiger partial charge in [0.25, 0.3) is 0 Å². The Morgan fingerprint density at radius 1 is 1.36 bits per heavy atom. The van der Waals surface area contributed by atoms with Gasteiger partial charge in [0.2, 0.25) is 0 Å². The summed E-state index contributed by atoms with van der Waals surface area (Å²) < 4.78 is 18.9. The Hall–Kier alpha value is -0.970. The van der Waals surface area contributed by atoms with Crippen molar-refractivity contribution in [1.82, 2.24) is 9.97 Å². The van der Waals surface area contributed by atoms with Crippen molar-refractivity contribution < 1.29 is 4.21 Å². The molecule has 0 fully saturated rings. The standard InChI is InChI=1S/C9H15N3OS/c1-9(2,3)7-5-8(12-6-11-7)14(4,10)13/h5-6,10H,1-4H3/t14-/m1/s1. The second-order valence-electron chi connectivity index (χ2n) is 4.34. The van der Waals surface area contributed by atoms with E-state index in [9.17, 15) is 4.21 Å². The minimum absolute atomic E-state index is 0.109. The molecule has 14 heavy (non-hydrogen) atoms. The van der Waals surface area contributed by atoms with Crippen LogP contribution in [0.5, 0.6) is 0 Å². The Labute approximate surface area is 84.8 Å². The highest BCUT2D eigenvalue weighted by Crippen LogP contribution is 2.20. The molecule has 0 saturated heterocycles. The summed E-state index contributed by atoms with van der Waals surface area (Å²) in [4.78, 5) is 7.95. The van der Waals surface area contributed by atoms with Crippen molar-refractivity contribution in [3.63, 3.8) is 0 Å². The molecule has 1 rings (SSSR count). The van der Waals surface area contributed by atoms with E-state index in [4.69, 9.17) is 4.78 Å². The first-order valence-electron chi connectivity index (χ1n) is 4.27. The monoisotopic (exact) mass is 213 g/mol. The van der Waals surface area contributed by atoms with Gasteiger partial charge in [0, 0.05) is 11.7 Å². The highest BCUT2D eigenvalue weighted by Gasteiger charge is 2.17. The largest absolute Gasteiger partial charge is 0.248 e. The van der Waals surface area contributed by atoms with Crippen LogP contribution in [0.1, 0.15) is 26.5 Å². The normalized spacial score (nSPS) is 16.3. The van der Waals surface area contributed by atoms with E-state index < -0.39 is 9.73 Å². The Balaban J connectivity index is 3.29. The van der Waals surface area contributed by atoms with Gasteiger partial charge in [-0.3, -0.25) is 0 Å². The van der Waals surface area contributed by atoms with E-state index >= 15 is 0 Å². The van der Waals surface area contributed by atoms with Gasteiger partial charge < -0.3 is 0 Å². The zero-order valence-electron chi connectivity index (χ0n) is 8.87. The first-order chi connectivity index (χ1) is 6.21. The second kappa shape index (κ2) is 3.31. The van der Waals surface area contributed by atoms with Crippen LogP contribution in [-0.2, 0) is 15.1 Å². The molecule has 0 aliphatic heterocycles. The predicted molar refractivity (Wildman–Crippen MR) is 55.8 cm³/mol. The quantitative estimate of drug-likeness (QED) is 0.723. The van der Waals surface area contributed by atoms with Gasteiger partial charge in [0.05, 0.1) is 15.4 Å². The van der Waals surface area contributed by atoms with Gasteiger partial charge in [-0.2, -0.15) is 0 Å². The molecule has 0 aliphatic carbocycles. The molecule has 1 aromatic rings. The Kier molecular flexibility index (Phi) is 2.63. The van der Waals surface area contributed by atoms with Crippen molar-refractivity contribution in [3.8, 4) is 0 Å². The van der Waals surface area contributed by atoms with Crippen LogP contribution in [0.2, 0.25) is 0 Å². The molecule has 1 aromatic heterocycles. The molecule has 4 nitrogen and oxygen atoms in total. The number of nitrogens with one attached hydrogen (secondary N) is 1. The molecule has 5 heteroatoms. The Morgan fingerprint density at radius 2 is 1.93 bits per heavy atom. The Morgan fingerprint density at radius 3 is 2.36 bits per heavy atom. The van der Waals surface area contributed by atoms with E-state index in [1.807, 2.05) is 20.8 Å². The van der Waals surface area contributed by atoms with Crippen LogP contribution in [-0.4, -0.2) is 20.4 Å². The first kappa shape index (κ1) is 11.1. The molecule has 0 unspecified atom stereocenters. The fourth-order valence-electron chi connectivity index (χ4n) is 0.963. The topological polar surface area (TPSA) is 66.7 Å². The first-order valence-corrected chi connectivity index (χ1v) is 6.24. The van der Waals surface area contributed by atoms with Gasteiger partial charge in [-0.05, 0) is 6.07 Å². The lowest BCUT2D eigenvalue weighted by atomic mass is 9.92. The van der Waals surface area contributed by atoms with E-state index in [1.54, 1.807) is 6.07 Å². The zero-order valence-corrected chi connectivity index (χ0v) is 9.68. The molecule has 0 saturated carbocycles. The van der Waals surface area contributed by atoms with Crippen molar-refractivity contribution in [2.45, 2.75) is 31.2 Å². The molecule has 0 aliphatic rings. The van der Waals surface area contributed by atoms with Crippen LogP contribution in [0.4, 0.5) is 0 Å².